The Morgan fingerprint density at radius 1 is 1.03 bits per heavy atom. The maximum Gasteiger partial charge on any atom is 0.228 e. The molecular formula is C22H16Cl2FN3OS. The number of benzene rings is 3. The van der Waals surface area contributed by atoms with E-state index in [1.165, 1.54) is 29.3 Å². The highest BCUT2D eigenvalue weighted by Gasteiger charge is 2.31. The maximum absolute atomic E-state index is 13.1. The van der Waals surface area contributed by atoms with Gasteiger partial charge in [-0.25, -0.2) is 13.6 Å². The second kappa shape index (κ2) is 9.08. The molecule has 4 nitrogen and oxygen atoms in total. The van der Waals surface area contributed by atoms with Crippen LogP contribution in [0.15, 0.2) is 93.3 Å². The van der Waals surface area contributed by atoms with Gasteiger partial charge in [-0.2, -0.15) is 9.50 Å². The predicted octanol–water partition coefficient (Wildman–Crippen LogP) is 5.60. The highest BCUT2D eigenvalue weighted by atomic mass is 35.5. The third-order valence-electron chi connectivity index (χ3n) is 4.64. The van der Waals surface area contributed by atoms with Crippen molar-refractivity contribution in [2.75, 3.05) is 6.54 Å². The number of hydrogen-bond donors (Lipinski definition) is 0. The molecule has 2 atom stereocenters. The van der Waals surface area contributed by atoms with Gasteiger partial charge in [0.25, 0.3) is 0 Å². The Labute approximate surface area is 186 Å². The molecule has 2 unspecified atom stereocenters. The van der Waals surface area contributed by atoms with Crippen molar-refractivity contribution in [3.05, 3.63) is 101 Å². The summed E-state index contributed by atoms with van der Waals surface area (Å²) in [5.74, 6) is -0.455. The van der Waals surface area contributed by atoms with E-state index in [1.54, 1.807) is 0 Å². The van der Waals surface area contributed by atoms with Gasteiger partial charge in [-0.15, -0.1) is 0 Å². The summed E-state index contributed by atoms with van der Waals surface area (Å²) in [7, 11) is -1.77. The topological polar surface area (TPSA) is 45.0 Å². The summed E-state index contributed by atoms with van der Waals surface area (Å²) in [6, 6.07) is 22.7. The summed E-state index contributed by atoms with van der Waals surface area (Å²) in [6.45, 7) is 0.449. The number of nitrogens with zero attached hydrogens (tertiary/aromatic N) is 3. The molecule has 0 aromatic heterocycles. The first-order chi connectivity index (χ1) is 14.5. The molecule has 1 aliphatic rings. The molecule has 0 saturated heterocycles. The maximum atomic E-state index is 13.1. The van der Waals surface area contributed by atoms with Crippen LogP contribution in [0.2, 0.25) is 5.02 Å². The predicted molar refractivity (Wildman–Crippen MR) is 120 cm³/mol. The van der Waals surface area contributed by atoms with Gasteiger partial charge in [0.15, 0.2) is 11.0 Å². The summed E-state index contributed by atoms with van der Waals surface area (Å²) in [6.07, 6.45) is 0. The van der Waals surface area contributed by atoms with Gasteiger partial charge < -0.3 is 0 Å². The SMILES string of the molecule is O=S(/N=C(\Cl)N1CC(c2ccccc2)C(c2ccc(Cl)cc2)=N1)c1ccc(F)cc1. The Bertz CT molecular complexity index is 1120. The summed E-state index contributed by atoms with van der Waals surface area (Å²) >= 11 is 12.4. The van der Waals surface area contributed by atoms with Crippen molar-refractivity contribution in [1.29, 1.82) is 0 Å². The van der Waals surface area contributed by atoms with Gasteiger partial charge in [0.05, 0.1) is 17.2 Å². The van der Waals surface area contributed by atoms with Crippen LogP contribution in [0.1, 0.15) is 17.0 Å². The summed E-state index contributed by atoms with van der Waals surface area (Å²) in [5.41, 5.74) is 2.82. The van der Waals surface area contributed by atoms with Crippen LogP contribution < -0.4 is 0 Å². The molecule has 0 spiro atoms. The normalized spacial score (nSPS) is 17.7. The molecule has 3 aromatic carbocycles. The second-order valence-corrected chi connectivity index (χ2v) is 8.53. The van der Waals surface area contributed by atoms with Crippen molar-refractivity contribution in [3.8, 4) is 0 Å². The average Bonchev–Trinajstić information content (AvgIpc) is 3.21. The Morgan fingerprint density at radius 2 is 1.70 bits per heavy atom. The highest BCUT2D eigenvalue weighted by molar-refractivity contribution is 7.84. The quantitative estimate of drug-likeness (QED) is 0.289. The van der Waals surface area contributed by atoms with Gasteiger partial charge in [-0.1, -0.05) is 54.1 Å². The minimum atomic E-state index is -1.77. The van der Waals surface area contributed by atoms with Crippen LogP contribution in [-0.2, 0) is 11.0 Å². The second-order valence-electron chi connectivity index (χ2n) is 6.60. The smallest absolute Gasteiger partial charge is 0.228 e. The van der Waals surface area contributed by atoms with Gasteiger partial charge in [0.2, 0.25) is 5.29 Å². The molecule has 4 rings (SSSR count). The molecule has 30 heavy (non-hydrogen) atoms. The lowest BCUT2D eigenvalue weighted by Crippen LogP contribution is -2.22. The van der Waals surface area contributed by atoms with E-state index in [0.29, 0.717) is 16.5 Å². The van der Waals surface area contributed by atoms with Crippen LogP contribution >= 0.6 is 23.2 Å². The van der Waals surface area contributed by atoms with Crippen molar-refractivity contribution >= 4 is 45.2 Å². The van der Waals surface area contributed by atoms with Gasteiger partial charge in [-0.05, 0) is 59.1 Å². The van der Waals surface area contributed by atoms with E-state index in [1.807, 2.05) is 54.6 Å². The molecule has 0 bridgehead atoms. The van der Waals surface area contributed by atoms with Crippen LogP contribution in [0, 0.1) is 5.82 Å². The molecule has 1 heterocycles. The van der Waals surface area contributed by atoms with E-state index < -0.39 is 16.8 Å². The standard InChI is InChI=1S/C22H16Cl2FN3OS/c23-17-8-6-16(7-9-17)21-20(15-4-2-1-3-5-15)14-28(26-21)22(24)27-30(29)19-12-10-18(25)11-13-19/h1-13,20H,14H2/b27-22+. The van der Waals surface area contributed by atoms with Gasteiger partial charge >= 0.3 is 0 Å². The number of halogens is 3. The molecular weight excluding hydrogens is 444 g/mol. The third-order valence-corrected chi connectivity index (χ3v) is 6.29. The van der Waals surface area contributed by atoms with E-state index in [9.17, 15) is 8.60 Å². The summed E-state index contributed by atoms with van der Waals surface area (Å²) in [4.78, 5) is 0.357. The zero-order valence-electron chi connectivity index (χ0n) is 15.6. The van der Waals surface area contributed by atoms with E-state index in [4.69, 9.17) is 23.2 Å². The lowest BCUT2D eigenvalue weighted by molar-refractivity contribution is 0.484. The zero-order valence-corrected chi connectivity index (χ0v) is 17.9. The molecule has 0 radical (unpaired) electrons. The molecule has 1 aliphatic heterocycles. The van der Waals surface area contributed by atoms with Crippen LogP contribution in [-0.4, -0.2) is 26.8 Å². The fourth-order valence-electron chi connectivity index (χ4n) is 3.16. The number of hydrazone groups is 1. The molecule has 0 N–H and O–H groups in total. The minimum Gasteiger partial charge on any atom is -0.236 e. The number of amidine groups is 1. The third kappa shape index (κ3) is 4.61. The first-order valence-electron chi connectivity index (χ1n) is 9.10. The van der Waals surface area contributed by atoms with Gasteiger partial charge in [-0.3, -0.25) is 0 Å². The van der Waals surface area contributed by atoms with Crippen LogP contribution in [0.25, 0.3) is 0 Å². The van der Waals surface area contributed by atoms with Crippen molar-refractivity contribution in [2.24, 2.45) is 9.50 Å². The van der Waals surface area contributed by atoms with Crippen LogP contribution in [0.4, 0.5) is 4.39 Å². The molecule has 0 amide bonds. The average molecular weight is 460 g/mol. The molecule has 0 aliphatic carbocycles. The number of hydrogen-bond acceptors (Lipinski definition) is 2. The Hall–Kier alpha value is -2.54. The Balaban J connectivity index is 1.65. The largest absolute Gasteiger partial charge is 0.236 e. The fraction of sp³-hybridized carbons (Fsp3) is 0.0909. The Kier molecular flexibility index (Phi) is 6.27. The number of rotatable bonds is 4. The monoisotopic (exact) mass is 459 g/mol. The van der Waals surface area contributed by atoms with Crippen LogP contribution in [0.5, 0.6) is 0 Å². The lowest BCUT2D eigenvalue weighted by atomic mass is 9.91. The highest BCUT2D eigenvalue weighted by Crippen LogP contribution is 2.30. The van der Waals surface area contributed by atoms with E-state index >= 15 is 0 Å². The zero-order chi connectivity index (χ0) is 21.1. The minimum absolute atomic E-state index is 0.00236. The summed E-state index contributed by atoms with van der Waals surface area (Å²) < 4.78 is 29.6. The lowest BCUT2D eigenvalue weighted by Gasteiger charge is -2.15. The Morgan fingerprint density at radius 3 is 2.37 bits per heavy atom. The molecule has 152 valence electrons. The molecule has 0 saturated carbocycles. The van der Waals surface area contributed by atoms with Crippen LogP contribution in [0.3, 0.4) is 0 Å². The summed E-state index contributed by atoms with van der Waals surface area (Å²) in [5, 5.41) is 6.83. The first-order valence-corrected chi connectivity index (χ1v) is 11.0. The molecule has 8 heteroatoms. The van der Waals surface area contributed by atoms with E-state index in [-0.39, 0.29) is 11.2 Å². The molecule has 3 aromatic rings. The fourth-order valence-corrected chi connectivity index (χ4v) is 4.29. The van der Waals surface area contributed by atoms with Gasteiger partial charge in [0.1, 0.15) is 5.82 Å². The van der Waals surface area contributed by atoms with Crippen molar-refractivity contribution in [3.63, 3.8) is 0 Å². The van der Waals surface area contributed by atoms with E-state index in [2.05, 4.69) is 9.50 Å². The first kappa shape index (κ1) is 20.7. The van der Waals surface area contributed by atoms with Crippen molar-refractivity contribution < 1.29 is 8.60 Å². The van der Waals surface area contributed by atoms with E-state index in [0.717, 1.165) is 16.8 Å². The van der Waals surface area contributed by atoms with Gasteiger partial charge in [0, 0.05) is 10.9 Å². The molecule has 0 fully saturated rings. The van der Waals surface area contributed by atoms with Crippen molar-refractivity contribution in [2.45, 2.75) is 10.8 Å². The van der Waals surface area contributed by atoms with Crippen molar-refractivity contribution in [1.82, 2.24) is 5.01 Å².